The highest BCUT2D eigenvalue weighted by atomic mass is 32.1. The summed E-state index contributed by atoms with van der Waals surface area (Å²) in [6, 6.07) is 4.27. The number of hydrogen-bond donors (Lipinski definition) is 2. The van der Waals surface area contributed by atoms with Crippen LogP contribution >= 0.6 is 11.3 Å². The maximum atomic E-state index is 11.6. The zero-order chi connectivity index (χ0) is 11.8. The quantitative estimate of drug-likeness (QED) is 0.718. The largest absolute Gasteiger partial charge is 0.348 e. The van der Waals surface area contributed by atoms with Crippen molar-refractivity contribution in [2.24, 2.45) is 0 Å². The zero-order valence-corrected chi connectivity index (χ0v) is 10.8. The summed E-state index contributed by atoms with van der Waals surface area (Å²) >= 11 is 1.70. The van der Waals surface area contributed by atoms with Crippen molar-refractivity contribution in [3.8, 4) is 0 Å². The van der Waals surface area contributed by atoms with Crippen molar-refractivity contribution in [2.45, 2.75) is 32.7 Å². The van der Waals surface area contributed by atoms with E-state index >= 15 is 0 Å². The molecule has 0 bridgehead atoms. The molecule has 16 heavy (non-hydrogen) atoms. The number of carbonyl (C=O) groups excluding carboxylic acids is 1. The second-order valence-electron chi connectivity index (χ2n) is 3.65. The fraction of sp³-hybridized carbons (Fsp3) is 0.583. The van der Waals surface area contributed by atoms with Gasteiger partial charge in [-0.15, -0.1) is 11.3 Å². The Labute approximate surface area is 101 Å². The van der Waals surface area contributed by atoms with Gasteiger partial charge in [0.1, 0.15) is 0 Å². The van der Waals surface area contributed by atoms with E-state index in [1.165, 1.54) is 4.88 Å². The second-order valence-corrected chi connectivity index (χ2v) is 4.63. The van der Waals surface area contributed by atoms with E-state index in [0.29, 0.717) is 6.42 Å². The predicted molar refractivity (Wildman–Crippen MR) is 68.7 cm³/mol. The van der Waals surface area contributed by atoms with Crippen LogP contribution in [-0.4, -0.2) is 19.0 Å². The maximum Gasteiger partial charge on any atom is 0.221 e. The minimum atomic E-state index is 0.126. The van der Waals surface area contributed by atoms with E-state index in [-0.39, 0.29) is 11.9 Å². The number of rotatable bonds is 7. The third kappa shape index (κ3) is 4.33. The molecule has 1 atom stereocenters. The van der Waals surface area contributed by atoms with Gasteiger partial charge in [0.15, 0.2) is 0 Å². The Kier molecular flexibility index (Phi) is 6.11. The minimum absolute atomic E-state index is 0.126. The lowest BCUT2D eigenvalue weighted by Crippen LogP contribution is -2.30. The number of nitrogens with one attached hydrogen (secondary N) is 2. The molecule has 90 valence electrons. The Bertz CT molecular complexity index is 298. The molecule has 0 aliphatic carbocycles. The fourth-order valence-corrected chi connectivity index (χ4v) is 2.37. The molecule has 0 saturated carbocycles. The molecule has 1 aromatic heterocycles. The van der Waals surface area contributed by atoms with Gasteiger partial charge in [-0.1, -0.05) is 19.9 Å². The molecule has 0 spiro atoms. The number of hydrogen-bond acceptors (Lipinski definition) is 3. The van der Waals surface area contributed by atoms with Crippen molar-refractivity contribution < 1.29 is 4.79 Å². The number of thiophene rings is 1. The van der Waals surface area contributed by atoms with Crippen LogP contribution in [-0.2, 0) is 4.79 Å². The average molecular weight is 240 g/mol. The molecule has 4 heteroatoms. The van der Waals surface area contributed by atoms with Gasteiger partial charge in [-0.05, 0) is 24.4 Å². The Hall–Kier alpha value is -0.870. The lowest BCUT2D eigenvalue weighted by atomic mass is 10.2. The fourth-order valence-electron chi connectivity index (χ4n) is 1.51. The standard InChI is InChI=1S/C12H20N2OS/c1-3-10(11-6-5-9-16-11)14-12(15)7-8-13-4-2/h5-6,9-10,13H,3-4,7-8H2,1-2H3,(H,14,15). The normalized spacial score (nSPS) is 12.4. The number of amides is 1. The van der Waals surface area contributed by atoms with Gasteiger partial charge in [0, 0.05) is 17.8 Å². The summed E-state index contributed by atoms with van der Waals surface area (Å²) in [7, 11) is 0. The molecule has 0 radical (unpaired) electrons. The minimum Gasteiger partial charge on any atom is -0.348 e. The predicted octanol–water partition coefficient (Wildman–Crippen LogP) is 2.31. The molecular weight excluding hydrogens is 220 g/mol. The SMILES string of the molecule is CCNCCC(=O)NC(CC)c1cccs1. The van der Waals surface area contributed by atoms with Crippen LogP contribution in [0.1, 0.15) is 37.6 Å². The molecule has 2 N–H and O–H groups in total. The highest BCUT2D eigenvalue weighted by Gasteiger charge is 2.12. The van der Waals surface area contributed by atoms with Gasteiger partial charge in [0.05, 0.1) is 6.04 Å². The molecule has 0 aliphatic heterocycles. The van der Waals surface area contributed by atoms with Crippen LogP contribution in [0.2, 0.25) is 0 Å². The van der Waals surface area contributed by atoms with Crippen LogP contribution < -0.4 is 10.6 Å². The third-order valence-electron chi connectivity index (χ3n) is 2.41. The summed E-state index contributed by atoms with van der Waals surface area (Å²) in [6.07, 6.45) is 1.49. The first-order valence-electron chi connectivity index (χ1n) is 5.81. The molecule has 0 fully saturated rings. The molecule has 0 saturated heterocycles. The van der Waals surface area contributed by atoms with Crippen molar-refractivity contribution in [1.82, 2.24) is 10.6 Å². The first kappa shape index (κ1) is 13.2. The summed E-state index contributed by atoms with van der Waals surface area (Å²) in [5, 5.41) is 8.25. The summed E-state index contributed by atoms with van der Waals surface area (Å²) < 4.78 is 0. The van der Waals surface area contributed by atoms with E-state index < -0.39 is 0 Å². The summed E-state index contributed by atoms with van der Waals surface area (Å²) in [4.78, 5) is 12.9. The van der Waals surface area contributed by atoms with Crippen LogP contribution in [0.25, 0.3) is 0 Å². The Morgan fingerprint density at radius 1 is 1.50 bits per heavy atom. The van der Waals surface area contributed by atoms with Gasteiger partial charge in [0.2, 0.25) is 5.91 Å². The third-order valence-corrected chi connectivity index (χ3v) is 3.39. The van der Waals surface area contributed by atoms with Crippen molar-refractivity contribution in [1.29, 1.82) is 0 Å². The van der Waals surface area contributed by atoms with Gasteiger partial charge in [-0.3, -0.25) is 4.79 Å². The monoisotopic (exact) mass is 240 g/mol. The number of carbonyl (C=O) groups is 1. The van der Waals surface area contributed by atoms with Gasteiger partial charge in [-0.25, -0.2) is 0 Å². The summed E-state index contributed by atoms with van der Waals surface area (Å²) in [6.45, 7) is 5.80. The van der Waals surface area contributed by atoms with Crippen LogP contribution in [0.15, 0.2) is 17.5 Å². The van der Waals surface area contributed by atoms with Crippen LogP contribution in [0.5, 0.6) is 0 Å². The molecule has 0 aliphatic rings. The van der Waals surface area contributed by atoms with E-state index in [1.54, 1.807) is 11.3 Å². The Morgan fingerprint density at radius 2 is 2.31 bits per heavy atom. The highest BCUT2D eigenvalue weighted by molar-refractivity contribution is 7.10. The van der Waals surface area contributed by atoms with Crippen LogP contribution in [0.3, 0.4) is 0 Å². The lowest BCUT2D eigenvalue weighted by molar-refractivity contribution is -0.121. The van der Waals surface area contributed by atoms with Gasteiger partial charge < -0.3 is 10.6 Å². The van der Waals surface area contributed by atoms with Crippen molar-refractivity contribution in [2.75, 3.05) is 13.1 Å². The Balaban J connectivity index is 2.36. The molecule has 0 aromatic carbocycles. The molecule has 1 rings (SSSR count). The van der Waals surface area contributed by atoms with Crippen molar-refractivity contribution in [3.05, 3.63) is 22.4 Å². The van der Waals surface area contributed by atoms with Crippen LogP contribution in [0.4, 0.5) is 0 Å². The summed E-state index contributed by atoms with van der Waals surface area (Å²) in [5.41, 5.74) is 0. The highest BCUT2D eigenvalue weighted by Crippen LogP contribution is 2.21. The summed E-state index contributed by atoms with van der Waals surface area (Å²) in [5.74, 6) is 0.126. The van der Waals surface area contributed by atoms with Crippen molar-refractivity contribution in [3.63, 3.8) is 0 Å². The van der Waals surface area contributed by atoms with Gasteiger partial charge >= 0.3 is 0 Å². The van der Waals surface area contributed by atoms with E-state index in [9.17, 15) is 4.79 Å². The molecule has 1 heterocycles. The molecular formula is C12H20N2OS. The zero-order valence-electron chi connectivity index (χ0n) is 9.95. The van der Waals surface area contributed by atoms with Crippen LogP contribution in [0, 0.1) is 0 Å². The average Bonchev–Trinajstić information content (AvgIpc) is 2.79. The molecule has 1 aromatic rings. The van der Waals surface area contributed by atoms with Gasteiger partial charge in [0.25, 0.3) is 0 Å². The smallest absolute Gasteiger partial charge is 0.221 e. The first-order valence-corrected chi connectivity index (χ1v) is 6.69. The topological polar surface area (TPSA) is 41.1 Å². The van der Waals surface area contributed by atoms with E-state index in [4.69, 9.17) is 0 Å². The second kappa shape index (κ2) is 7.41. The maximum absolute atomic E-state index is 11.6. The van der Waals surface area contributed by atoms with E-state index in [0.717, 1.165) is 19.5 Å². The molecule has 3 nitrogen and oxygen atoms in total. The molecule has 1 unspecified atom stereocenters. The van der Waals surface area contributed by atoms with Crippen molar-refractivity contribution >= 4 is 17.2 Å². The van der Waals surface area contributed by atoms with Gasteiger partial charge in [-0.2, -0.15) is 0 Å². The Morgan fingerprint density at radius 3 is 2.88 bits per heavy atom. The van der Waals surface area contributed by atoms with E-state index in [2.05, 4.69) is 23.6 Å². The van der Waals surface area contributed by atoms with E-state index in [1.807, 2.05) is 18.4 Å². The first-order chi connectivity index (χ1) is 7.77. The molecule has 1 amide bonds. The lowest BCUT2D eigenvalue weighted by Gasteiger charge is -2.15.